The van der Waals surface area contributed by atoms with Gasteiger partial charge in [0.2, 0.25) is 16.4 Å². The molecule has 7 nitrogen and oxygen atoms in total. The Bertz CT molecular complexity index is 751. The van der Waals surface area contributed by atoms with Crippen LogP contribution in [0.5, 0.6) is 0 Å². The van der Waals surface area contributed by atoms with E-state index in [1.165, 1.54) is 4.31 Å². The minimum atomic E-state index is -3.51. The Balaban J connectivity index is 1.88. The van der Waals surface area contributed by atoms with Crippen LogP contribution in [0.2, 0.25) is 0 Å². The van der Waals surface area contributed by atoms with Gasteiger partial charge in [0.1, 0.15) is 6.04 Å². The molecule has 1 aromatic rings. The van der Waals surface area contributed by atoms with Gasteiger partial charge < -0.3 is 15.3 Å². The van der Waals surface area contributed by atoms with Crippen LogP contribution < -0.4 is 10.2 Å². The van der Waals surface area contributed by atoms with Crippen LogP contribution in [0, 0.1) is 11.8 Å². The fourth-order valence-electron chi connectivity index (χ4n) is 3.09. The summed E-state index contributed by atoms with van der Waals surface area (Å²) in [7, 11) is -3.51. The number of aliphatic hydroxyl groups is 1. The molecule has 1 atom stereocenters. The van der Waals surface area contributed by atoms with Crippen LogP contribution in [0.3, 0.4) is 0 Å². The highest BCUT2D eigenvalue weighted by atomic mass is 32.2. The fraction of sp³-hybridized carbons (Fsp3) is 0.550. The van der Waals surface area contributed by atoms with Crippen LogP contribution in [0.15, 0.2) is 30.3 Å². The maximum absolute atomic E-state index is 12.7. The molecule has 1 aliphatic rings. The highest BCUT2D eigenvalue weighted by Crippen LogP contribution is 2.17. The quantitative estimate of drug-likeness (QED) is 0.340. The van der Waals surface area contributed by atoms with Crippen molar-refractivity contribution in [2.24, 2.45) is 0 Å². The summed E-state index contributed by atoms with van der Waals surface area (Å²) >= 11 is 0. The summed E-state index contributed by atoms with van der Waals surface area (Å²) in [5, 5.41) is 11.3. The van der Waals surface area contributed by atoms with Crippen LogP contribution in [0.1, 0.15) is 25.7 Å². The number of hydrogen-bond acceptors (Lipinski definition) is 5. The average molecular weight is 408 g/mol. The molecule has 1 aromatic carbocycles. The lowest BCUT2D eigenvalue weighted by Crippen LogP contribution is -2.51. The Morgan fingerprint density at radius 3 is 2.46 bits per heavy atom. The predicted molar refractivity (Wildman–Crippen MR) is 110 cm³/mol. The van der Waals surface area contributed by atoms with Crippen molar-refractivity contribution in [1.29, 1.82) is 0 Å². The smallest absolute Gasteiger partial charge is 0.217 e. The average Bonchev–Trinajstić information content (AvgIpc) is 2.71. The molecule has 28 heavy (non-hydrogen) atoms. The second-order valence-electron chi connectivity index (χ2n) is 6.69. The molecule has 2 rings (SSSR count). The standard InChI is InChI=1S/C20H29N3O4S/c24-16-8-3-1-2-5-9-19(21-18-25)17-28(26,27)23-14-12-22(13-15-23)20-10-6-4-7-11-20/h4,6-7,10-11,18-19,24H,1-3,8,12-17H2,(H,21,25). The van der Waals surface area contributed by atoms with Gasteiger partial charge in [0.05, 0.1) is 5.75 Å². The highest BCUT2D eigenvalue weighted by molar-refractivity contribution is 7.89. The van der Waals surface area contributed by atoms with E-state index in [4.69, 9.17) is 5.11 Å². The molecule has 1 amide bonds. The maximum Gasteiger partial charge on any atom is 0.217 e. The number of nitrogens with one attached hydrogen (secondary N) is 1. The van der Waals surface area contributed by atoms with E-state index in [1.54, 1.807) is 0 Å². The van der Waals surface area contributed by atoms with E-state index in [-0.39, 0.29) is 12.4 Å². The minimum absolute atomic E-state index is 0.165. The SMILES string of the molecule is O=CNC(C#CCCCCCO)CS(=O)(=O)N1CCN(c2ccccc2)CC1. The summed E-state index contributed by atoms with van der Waals surface area (Å²) in [6.45, 7) is 2.26. The van der Waals surface area contributed by atoms with Crippen molar-refractivity contribution in [2.75, 3.05) is 43.4 Å². The number of rotatable bonds is 10. The number of para-hydroxylation sites is 1. The molecule has 0 bridgehead atoms. The van der Waals surface area contributed by atoms with Gasteiger partial charge in [-0.1, -0.05) is 30.5 Å². The van der Waals surface area contributed by atoms with Gasteiger partial charge in [-0.2, -0.15) is 4.31 Å². The van der Waals surface area contributed by atoms with Crippen LogP contribution in [0.4, 0.5) is 5.69 Å². The Kier molecular flexibility index (Phi) is 9.28. The zero-order valence-electron chi connectivity index (χ0n) is 16.1. The van der Waals surface area contributed by atoms with Crippen LogP contribution in [0.25, 0.3) is 0 Å². The number of carbonyl (C=O) groups excluding carboxylic acids is 1. The molecule has 1 fully saturated rings. The molecule has 1 aliphatic heterocycles. The molecule has 1 heterocycles. The third-order valence-electron chi connectivity index (χ3n) is 4.64. The molecule has 8 heteroatoms. The number of benzene rings is 1. The van der Waals surface area contributed by atoms with E-state index in [1.807, 2.05) is 30.3 Å². The Morgan fingerprint density at radius 1 is 1.11 bits per heavy atom. The van der Waals surface area contributed by atoms with Crippen molar-refractivity contribution in [1.82, 2.24) is 9.62 Å². The van der Waals surface area contributed by atoms with Crippen molar-refractivity contribution in [2.45, 2.75) is 31.7 Å². The zero-order chi connectivity index (χ0) is 20.2. The van der Waals surface area contributed by atoms with E-state index < -0.39 is 16.1 Å². The van der Waals surface area contributed by atoms with E-state index in [2.05, 4.69) is 22.1 Å². The Hall–Kier alpha value is -2.08. The second-order valence-corrected chi connectivity index (χ2v) is 8.71. The number of amides is 1. The summed E-state index contributed by atoms with van der Waals surface area (Å²) in [5.41, 5.74) is 1.09. The number of carbonyl (C=O) groups is 1. The van der Waals surface area contributed by atoms with Crippen molar-refractivity contribution in [3.63, 3.8) is 0 Å². The number of anilines is 1. The molecular formula is C20H29N3O4S. The van der Waals surface area contributed by atoms with E-state index >= 15 is 0 Å². The molecule has 0 radical (unpaired) electrons. The van der Waals surface area contributed by atoms with Gasteiger partial charge in [-0.05, 0) is 25.0 Å². The largest absolute Gasteiger partial charge is 0.396 e. The van der Waals surface area contributed by atoms with E-state index in [0.717, 1.165) is 24.9 Å². The molecule has 154 valence electrons. The summed E-state index contributed by atoms with van der Waals surface area (Å²) < 4.78 is 27.0. The maximum atomic E-state index is 12.7. The monoisotopic (exact) mass is 407 g/mol. The second kappa shape index (κ2) is 11.7. The topological polar surface area (TPSA) is 89.9 Å². The number of hydrogen-bond donors (Lipinski definition) is 2. The molecule has 1 unspecified atom stereocenters. The Labute approximate surface area is 167 Å². The Morgan fingerprint density at radius 2 is 1.82 bits per heavy atom. The zero-order valence-corrected chi connectivity index (χ0v) is 16.9. The third kappa shape index (κ3) is 7.15. The van der Waals surface area contributed by atoms with Crippen molar-refractivity contribution in [3.8, 4) is 11.8 Å². The first-order valence-electron chi connectivity index (χ1n) is 9.63. The molecular weight excluding hydrogens is 378 g/mol. The summed E-state index contributed by atoms with van der Waals surface area (Å²) in [4.78, 5) is 13.0. The van der Waals surface area contributed by atoms with Gasteiger partial charge in [-0.15, -0.1) is 5.92 Å². The first-order valence-corrected chi connectivity index (χ1v) is 11.2. The lowest BCUT2D eigenvalue weighted by Gasteiger charge is -2.35. The van der Waals surface area contributed by atoms with Gasteiger partial charge in [-0.25, -0.2) is 8.42 Å². The van der Waals surface area contributed by atoms with Crippen molar-refractivity contribution >= 4 is 22.1 Å². The molecule has 0 aromatic heterocycles. The molecule has 2 N–H and O–H groups in total. The number of unbranched alkanes of at least 4 members (excludes halogenated alkanes) is 3. The van der Waals surface area contributed by atoms with E-state index in [0.29, 0.717) is 39.0 Å². The van der Waals surface area contributed by atoms with Crippen molar-refractivity contribution in [3.05, 3.63) is 30.3 Å². The third-order valence-corrected chi connectivity index (χ3v) is 6.54. The van der Waals surface area contributed by atoms with Gasteiger partial charge in [-0.3, -0.25) is 4.79 Å². The predicted octanol–water partition coefficient (Wildman–Crippen LogP) is 0.809. The lowest BCUT2D eigenvalue weighted by molar-refractivity contribution is -0.109. The first kappa shape index (κ1) is 22.2. The molecule has 0 spiro atoms. The normalized spacial score (nSPS) is 16.1. The van der Waals surface area contributed by atoms with Crippen LogP contribution in [-0.4, -0.2) is 68.8 Å². The highest BCUT2D eigenvalue weighted by Gasteiger charge is 2.29. The van der Waals surface area contributed by atoms with Crippen molar-refractivity contribution < 1.29 is 18.3 Å². The summed E-state index contributed by atoms with van der Waals surface area (Å²) in [6, 6.07) is 9.22. The summed E-state index contributed by atoms with van der Waals surface area (Å²) in [5.74, 6) is 5.57. The first-order chi connectivity index (χ1) is 13.6. The summed E-state index contributed by atoms with van der Waals surface area (Å²) in [6.07, 6.45) is 3.57. The molecule has 1 saturated heterocycles. The fourth-order valence-corrected chi connectivity index (χ4v) is 4.62. The number of sulfonamides is 1. The van der Waals surface area contributed by atoms with Crippen LogP contribution >= 0.6 is 0 Å². The molecule has 0 saturated carbocycles. The lowest BCUT2D eigenvalue weighted by atomic mass is 10.2. The van der Waals surface area contributed by atoms with Gasteiger partial charge in [0.25, 0.3) is 0 Å². The van der Waals surface area contributed by atoms with E-state index in [9.17, 15) is 13.2 Å². The van der Waals surface area contributed by atoms with Gasteiger partial charge in [0, 0.05) is 44.9 Å². The van der Waals surface area contributed by atoms with Gasteiger partial charge >= 0.3 is 0 Å². The molecule has 0 aliphatic carbocycles. The number of aliphatic hydroxyl groups excluding tert-OH is 1. The number of piperazine rings is 1. The minimum Gasteiger partial charge on any atom is -0.396 e. The van der Waals surface area contributed by atoms with Gasteiger partial charge in [0.15, 0.2) is 0 Å². The number of nitrogens with zero attached hydrogens (tertiary/aromatic N) is 2. The van der Waals surface area contributed by atoms with Crippen LogP contribution in [-0.2, 0) is 14.8 Å².